The lowest BCUT2D eigenvalue weighted by molar-refractivity contribution is 0.210. The van der Waals surface area contributed by atoms with Gasteiger partial charge >= 0.3 is 0 Å². The molecule has 2 atom stereocenters. The summed E-state index contributed by atoms with van der Waals surface area (Å²) in [4.78, 5) is 0. The Kier molecular flexibility index (Phi) is 3.49. The van der Waals surface area contributed by atoms with E-state index in [1.807, 2.05) is 0 Å². The summed E-state index contributed by atoms with van der Waals surface area (Å²) >= 11 is 0. The Hall–Kier alpha value is -0.0800. The maximum Gasteiger partial charge on any atom is 0.0113 e. The molecule has 2 heterocycles. The number of rotatable bonds is 3. The average molecular weight is 222 g/mol. The predicted octanol–water partition coefficient (Wildman–Crippen LogP) is 2.30. The first-order valence-corrected chi connectivity index (χ1v) is 7.42. The second-order valence-corrected chi connectivity index (χ2v) is 6.03. The van der Waals surface area contributed by atoms with Crippen LogP contribution in [0.15, 0.2) is 0 Å². The number of hydrogen-bond donors (Lipinski definition) is 2. The standard InChI is InChI=1S/C14H26N2/c1-2-6-11(5-1)14(12-7-3-9-15-12)13-8-4-10-16-13/h11-16H,1-10H2. The average Bonchev–Trinajstić information content (AvgIpc) is 3.02. The van der Waals surface area contributed by atoms with E-state index < -0.39 is 0 Å². The van der Waals surface area contributed by atoms with Crippen molar-refractivity contribution in [3.05, 3.63) is 0 Å². The fourth-order valence-corrected chi connectivity index (χ4v) is 4.36. The SMILES string of the molecule is C1CCC(C(C2CCCN2)C2CCCN2)C1. The summed E-state index contributed by atoms with van der Waals surface area (Å²) in [5.74, 6) is 1.96. The zero-order valence-electron chi connectivity index (χ0n) is 10.4. The minimum absolute atomic E-state index is 0.832. The van der Waals surface area contributed by atoms with Gasteiger partial charge in [-0.05, 0) is 50.6 Å². The molecule has 3 fully saturated rings. The summed E-state index contributed by atoms with van der Waals surface area (Å²) in [6.07, 6.45) is 11.6. The molecule has 1 aliphatic carbocycles. The van der Waals surface area contributed by atoms with Gasteiger partial charge in [0.15, 0.2) is 0 Å². The Bertz CT molecular complexity index is 173. The van der Waals surface area contributed by atoms with E-state index in [9.17, 15) is 0 Å². The predicted molar refractivity (Wildman–Crippen MR) is 67.5 cm³/mol. The zero-order valence-corrected chi connectivity index (χ0v) is 10.4. The fraction of sp³-hybridized carbons (Fsp3) is 1.00. The third-order valence-electron chi connectivity index (χ3n) is 5.07. The van der Waals surface area contributed by atoms with Crippen molar-refractivity contribution in [1.82, 2.24) is 10.6 Å². The van der Waals surface area contributed by atoms with Gasteiger partial charge in [0.05, 0.1) is 0 Å². The highest BCUT2D eigenvalue weighted by Gasteiger charge is 2.38. The molecule has 0 bridgehead atoms. The molecule has 0 radical (unpaired) electrons. The Labute approximate surface area is 99.6 Å². The van der Waals surface area contributed by atoms with Crippen molar-refractivity contribution < 1.29 is 0 Å². The van der Waals surface area contributed by atoms with Crippen molar-refractivity contribution in [2.24, 2.45) is 11.8 Å². The van der Waals surface area contributed by atoms with Gasteiger partial charge in [0.2, 0.25) is 0 Å². The molecule has 2 N–H and O–H groups in total. The smallest absolute Gasteiger partial charge is 0.0113 e. The second-order valence-electron chi connectivity index (χ2n) is 6.03. The molecule has 3 aliphatic rings. The van der Waals surface area contributed by atoms with Crippen LogP contribution in [0.3, 0.4) is 0 Å². The fourth-order valence-electron chi connectivity index (χ4n) is 4.36. The monoisotopic (exact) mass is 222 g/mol. The summed E-state index contributed by atoms with van der Waals surface area (Å²) in [7, 11) is 0. The summed E-state index contributed by atoms with van der Waals surface area (Å²) in [5, 5.41) is 7.54. The molecular formula is C14H26N2. The van der Waals surface area contributed by atoms with E-state index >= 15 is 0 Å². The summed E-state index contributed by atoms with van der Waals surface area (Å²) < 4.78 is 0. The van der Waals surface area contributed by atoms with Crippen LogP contribution in [-0.4, -0.2) is 25.2 Å². The first-order valence-electron chi connectivity index (χ1n) is 7.42. The normalized spacial score (nSPS) is 38.2. The summed E-state index contributed by atoms with van der Waals surface area (Å²) in [5.41, 5.74) is 0. The topological polar surface area (TPSA) is 24.1 Å². The van der Waals surface area contributed by atoms with Gasteiger partial charge in [-0.1, -0.05) is 25.7 Å². The largest absolute Gasteiger partial charge is 0.314 e. The summed E-state index contributed by atoms with van der Waals surface area (Å²) in [6, 6.07) is 1.66. The third kappa shape index (κ3) is 2.14. The summed E-state index contributed by atoms with van der Waals surface area (Å²) in [6.45, 7) is 2.53. The lowest BCUT2D eigenvalue weighted by Crippen LogP contribution is -2.45. The first-order chi connectivity index (χ1) is 7.95. The van der Waals surface area contributed by atoms with E-state index in [1.165, 1.54) is 64.5 Å². The van der Waals surface area contributed by atoms with Gasteiger partial charge in [-0.25, -0.2) is 0 Å². The Morgan fingerprint density at radius 2 is 1.25 bits per heavy atom. The van der Waals surface area contributed by atoms with Crippen molar-refractivity contribution in [2.45, 2.75) is 63.5 Å². The minimum atomic E-state index is 0.832. The van der Waals surface area contributed by atoms with Gasteiger partial charge in [-0.2, -0.15) is 0 Å². The van der Waals surface area contributed by atoms with Gasteiger partial charge in [0.1, 0.15) is 0 Å². The highest BCUT2D eigenvalue weighted by molar-refractivity contribution is 4.95. The molecule has 2 saturated heterocycles. The molecule has 16 heavy (non-hydrogen) atoms. The molecule has 0 aromatic rings. The van der Waals surface area contributed by atoms with Gasteiger partial charge in [0.25, 0.3) is 0 Å². The minimum Gasteiger partial charge on any atom is -0.314 e. The highest BCUT2D eigenvalue weighted by atomic mass is 15.0. The van der Waals surface area contributed by atoms with E-state index in [1.54, 1.807) is 0 Å². The van der Waals surface area contributed by atoms with Crippen molar-refractivity contribution in [2.75, 3.05) is 13.1 Å². The molecule has 2 unspecified atom stereocenters. The zero-order chi connectivity index (χ0) is 10.8. The Morgan fingerprint density at radius 3 is 1.69 bits per heavy atom. The van der Waals surface area contributed by atoms with E-state index in [2.05, 4.69) is 10.6 Å². The number of hydrogen-bond acceptors (Lipinski definition) is 2. The second kappa shape index (κ2) is 5.05. The van der Waals surface area contributed by atoms with Crippen LogP contribution in [0, 0.1) is 11.8 Å². The lowest BCUT2D eigenvalue weighted by atomic mass is 9.78. The van der Waals surface area contributed by atoms with Crippen molar-refractivity contribution in [3.8, 4) is 0 Å². The van der Waals surface area contributed by atoms with Crippen LogP contribution in [0.2, 0.25) is 0 Å². The number of nitrogens with one attached hydrogen (secondary N) is 2. The quantitative estimate of drug-likeness (QED) is 0.765. The maximum absolute atomic E-state index is 3.77. The van der Waals surface area contributed by atoms with E-state index in [4.69, 9.17) is 0 Å². The van der Waals surface area contributed by atoms with Crippen LogP contribution in [0.4, 0.5) is 0 Å². The van der Waals surface area contributed by atoms with Gasteiger partial charge in [0, 0.05) is 12.1 Å². The maximum atomic E-state index is 3.77. The van der Waals surface area contributed by atoms with Gasteiger partial charge in [-0.3, -0.25) is 0 Å². The van der Waals surface area contributed by atoms with Crippen molar-refractivity contribution >= 4 is 0 Å². The molecule has 0 spiro atoms. The molecule has 2 heteroatoms. The molecule has 0 aromatic carbocycles. The van der Waals surface area contributed by atoms with Gasteiger partial charge < -0.3 is 10.6 Å². The molecule has 2 nitrogen and oxygen atoms in total. The third-order valence-corrected chi connectivity index (χ3v) is 5.07. The molecular weight excluding hydrogens is 196 g/mol. The van der Waals surface area contributed by atoms with Crippen LogP contribution in [0.5, 0.6) is 0 Å². The van der Waals surface area contributed by atoms with Crippen molar-refractivity contribution in [3.63, 3.8) is 0 Å². The Balaban J connectivity index is 1.70. The molecule has 0 amide bonds. The van der Waals surface area contributed by atoms with Crippen molar-refractivity contribution in [1.29, 1.82) is 0 Å². The molecule has 1 saturated carbocycles. The van der Waals surface area contributed by atoms with Crippen LogP contribution >= 0.6 is 0 Å². The van der Waals surface area contributed by atoms with E-state index in [0.717, 1.165) is 23.9 Å². The lowest BCUT2D eigenvalue weighted by Gasteiger charge is -2.34. The van der Waals surface area contributed by atoms with Crippen LogP contribution in [-0.2, 0) is 0 Å². The molecule has 92 valence electrons. The highest BCUT2D eigenvalue weighted by Crippen LogP contribution is 2.38. The Morgan fingerprint density at radius 1 is 0.688 bits per heavy atom. The van der Waals surface area contributed by atoms with E-state index in [-0.39, 0.29) is 0 Å². The van der Waals surface area contributed by atoms with Crippen LogP contribution in [0.1, 0.15) is 51.4 Å². The first kappa shape index (κ1) is 11.0. The van der Waals surface area contributed by atoms with Crippen LogP contribution in [0.25, 0.3) is 0 Å². The van der Waals surface area contributed by atoms with E-state index in [0.29, 0.717) is 0 Å². The molecule has 0 aromatic heterocycles. The molecule has 3 rings (SSSR count). The van der Waals surface area contributed by atoms with Crippen LogP contribution < -0.4 is 10.6 Å². The van der Waals surface area contributed by atoms with Gasteiger partial charge in [-0.15, -0.1) is 0 Å². The molecule has 2 aliphatic heterocycles.